The van der Waals surface area contributed by atoms with E-state index in [-0.39, 0.29) is 12.4 Å². The number of rotatable bonds is 3. The van der Waals surface area contributed by atoms with Crippen LogP contribution in [0.1, 0.15) is 30.5 Å². The fraction of sp³-hybridized carbons (Fsp3) is 0.429. The van der Waals surface area contributed by atoms with E-state index in [2.05, 4.69) is 19.5 Å². The van der Waals surface area contributed by atoms with Gasteiger partial charge in [-0.1, -0.05) is 6.07 Å². The molecule has 0 saturated carbocycles. The number of nitrogens with zero attached hydrogens (tertiary/aromatic N) is 4. The summed E-state index contributed by atoms with van der Waals surface area (Å²) in [4.78, 5) is 16.4. The van der Waals surface area contributed by atoms with Crippen LogP contribution in [0.3, 0.4) is 0 Å². The van der Waals surface area contributed by atoms with E-state index in [1.165, 1.54) is 10.6 Å². The minimum absolute atomic E-state index is 0.251. The highest BCUT2D eigenvalue weighted by atomic mass is 32.3. The van der Waals surface area contributed by atoms with Crippen molar-refractivity contribution in [3.05, 3.63) is 42.4 Å². The van der Waals surface area contributed by atoms with E-state index in [1.807, 2.05) is 31.3 Å². The van der Waals surface area contributed by atoms with Gasteiger partial charge in [-0.05, 0) is 12.8 Å². The molecule has 0 unspecified atom stereocenters. The molecule has 4 rings (SSSR count). The van der Waals surface area contributed by atoms with Gasteiger partial charge in [0.05, 0.1) is 6.04 Å². The molecule has 1 N–H and O–H groups in total. The number of H-pyrrole nitrogens is 1. The van der Waals surface area contributed by atoms with E-state index in [0.29, 0.717) is 17.9 Å². The summed E-state index contributed by atoms with van der Waals surface area (Å²) in [7, 11) is -4.97. The summed E-state index contributed by atoms with van der Waals surface area (Å²) in [6.45, 7) is 2.28. The Morgan fingerprint density at radius 1 is 1.38 bits per heavy atom. The van der Waals surface area contributed by atoms with Crippen molar-refractivity contribution in [2.45, 2.75) is 31.8 Å². The van der Waals surface area contributed by atoms with Crippen LogP contribution in [0.15, 0.2) is 35.2 Å². The maximum atomic E-state index is 12.0. The zero-order valence-electron chi connectivity index (χ0n) is 13.8. The van der Waals surface area contributed by atoms with Crippen molar-refractivity contribution in [3.8, 4) is 0 Å². The minimum Gasteiger partial charge on any atom is -0.724 e. The van der Waals surface area contributed by atoms with Crippen molar-refractivity contribution < 1.29 is 31.5 Å². The van der Waals surface area contributed by atoms with E-state index in [1.54, 1.807) is 0 Å². The fourth-order valence-electron chi connectivity index (χ4n) is 2.90. The van der Waals surface area contributed by atoms with Gasteiger partial charge in [-0.15, -0.1) is 10.2 Å². The van der Waals surface area contributed by atoms with Crippen molar-refractivity contribution in [1.29, 1.82) is 0 Å². The molecule has 2 amide bonds. The number of hydrogen-bond donors (Lipinski definition) is 0. The molecule has 2 aliphatic heterocycles. The lowest BCUT2D eigenvalue weighted by atomic mass is 10.0. The first-order chi connectivity index (χ1) is 12.3. The van der Waals surface area contributed by atoms with Gasteiger partial charge >= 0.3 is 6.03 Å². The number of aromatic amines is 1. The van der Waals surface area contributed by atoms with Crippen LogP contribution in [-0.2, 0) is 14.7 Å². The van der Waals surface area contributed by atoms with E-state index in [4.69, 9.17) is 4.42 Å². The molecule has 0 aliphatic carbocycles. The molecule has 0 radical (unpaired) electrons. The number of amides is 2. The molecule has 2 aromatic heterocycles. The molecule has 2 saturated heterocycles. The standard InChI is InChI=1S/C8H10N4O6S.C6H7N/c13-8-11-3-5(12(8)18-19(14,15)16)1-2-6(11)7-10-9-4-17-7;1-6-4-2-3-5-7-6/h4-6H,1-3H2,(H,14,15,16);2-5H,1H3/t5-,6+;/m1./s1. The van der Waals surface area contributed by atoms with Gasteiger partial charge in [-0.25, -0.2) is 18.2 Å². The number of aryl methyl sites for hydroxylation is 1. The number of aromatic nitrogens is 3. The van der Waals surface area contributed by atoms with E-state index in [0.717, 1.165) is 6.39 Å². The topological polar surface area (TPSA) is 143 Å². The molecular formula is C14H17N5O6S. The molecule has 2 fully saturated rings. The van der Waals surface area contributed by atoms with Gasteiger partial charge in [0.1, 0.15) is 6.04 Å². The number of fused-ring (bicyclic) bond motifs is 2. The molecule has 2 bridgehead atoms. The number of nitrogens with one attached hydrogen (secondary N) is 1. The Kier molecular flexibility index (Phi) is 5.15. The van der Waals surface area contributed by atoms with Gasteiger partial charge < -0.3 is 13.9 Å². The lowest BCUT2D eigenvalue weighted by Crippen LogP contribution is -2.35. The molecule has 140 valence electrons. The third-order valence-corrected chi connectivity index (χ3v) is 4.36. The second-order valence-electron chi connectivity index (χ2n) is 5.81. The summed E-state index contributed by atoms with van der Waals surface area (Å²) in [6.07, 6.45) is 4.07. The lowest BCUT2D eigenvalue weighted by molar-refractivity contribution is -0.387. The van der Waals surface area contributed by atoms with Crippen molar-refractivity contribution in [2.75, 3.05) is 6.54 Å². The Hall–Kier alpha value is -2.57. The lowest BCUT2D eigenvalue weighted by Gasteiger charge is -2.27. The number of urea groups is 1. The quantitative estimate of drug-likeness (QED) is 0.540. The van der Waals surface area contributed by atoms with Crippen LogP contribution < -0.4 is 4.98 Å². The minimum atomic E-state index is -4.97. The van der Waals surface area contributed by atoms with Crippen LogP contribution in [0.4, 0.5) is 4.79 Å². The highest BCUT2D eigenvalue weighted by molar-refractivity contribution is 7.80. The van der Waals surface area contributed by atoms with Crippen LogP contribution in [0, 0.1) is 6.92 Å². The van der Waals surface area contributed by atoms with E-state index < -0.39 is 28.5 Å². The van der Waals surface area contributed by atoms with Crippen LogP contribution >= 0.6 is 0 Å². The van der Waals surface area contributed by atoms with E-state index >= 15 is 0 Å². The average molecular weight is 383 g/mol. The van der Waals surface area contributed by atoms with Crippen LogP contribution in [0.25, 0.3) is 0 Å². The first-order valence-corrected chi connectivity index (χ1v) is 9.13. The second kappa shape index (κ2) is 7.35. The number of hydroxylamine groups is 2. The molecule has 0 spiro atoms. The second-order valence-corrected chi connectivity index (χ2v) is 6.78. The monoisotopic (exact) mass is 383 g/mol. The van der Waals surface area contributed by atoms with Crippen LogP contribution in [0.5, 0.6) is 0 Å². The molecule has 2 aliphatic rings. The summed E-state index contributed by atoms with van der Waals surface area (Å²) < 4.78 is 41.0. The number of hydrogen-bond acceptors (Lipinski definition) is 8. The third-order valence-electron chi connectivity index (χ3n) is 4.02. The summed E-state index contributed by atoms with van der Waals surface area (Å²) in [5.41, 5.74) is 1.20. The Morgan fingerprint density at radius 2 is 2.19 bits per heavy atom. The Bertz CT molecular complexity index is 844. The van der Waals surface area contributed by atoms with Crippen LogP contribution in [0.2, 0.25) is 0 Å². The highest BCUT2D eigenvalue weighted by Gasteiger charge is 2.48. The summed E-state index contributed by atoms with van der Waals surface area (Å²) >= 11 is 0. The summed E-state index contributed by atoms with van der Waals surface area (Å²) in [5.74, 6) is 0.277. The summed E-state index contributed by atoms with van der Waals surface area (Å²) in [6, 6.07) is 4.42. The fourth-order valence-corrected chi connectivity index (χ4v) is 3.28. The molecule has 11 nitrogen and oxygen atoms in total. The zero-order chi connectivity index (χ0) is 18.7. The maximum Gasteiger partial charge on any atom is 0.346 e. The van der Waals surface area contributed by atoms with Gasteiger partial charge in [0, 0.05) is 25.6 Å². The SMILES string of the molecule is Cc1cccc[nH+]1.O=C1N2C[C@@H](CC[C@H]2c2nnco2)N1OS(=O)(=O)[O-]. The Labute approximate surface area is 149 Å². The zero-order valence-corrected chi connectivity index (χ0v) is 14.6. The third kappa shape index (κ3) is 4.15. The van der Waals surface area contributed by atoms with Crippen molar-refractivity contribution in [3.63, 3.8) is 0 Å². The Balaban J connectivity index is 0.000000236. The number of carbonyl (C=O) groups is 1. The number of carbonyl (C=O) groups excluding carboxylic acids is 1. The van der Waals surface area contributed by atoms with Crippen molar-refractivity contribution in [2.24, 2.45) is 0 Å². The van der Waals surface area contributed by atoms with Crippen molar-refractivity contribution >= 4 is 16.4 Å². The molecule has 26 heavy (non-hydrogen) atoms. The predicted molar refractivity (Wildman–Crippen MR) is 82.5 cm³/mol. The van der Waals surface area contributed by atoms with Gasteiger partial charge in [0.25, 0.3) is 0 Å². The number of piperidine rings is 1. The molecule has 2 atom stereocenters. The molecule has 2 aromatic rings. The van der Waals surface area contributed by atoms with Gasteiger partial charge in [0.2, 0.25) is 22.7 Å². The molecular weight excluding hydrogens is 366 g/mol. The summed E-state index contributed by atoms with van der Waals surface area (Å²) in [5, 5.41) is 7.89. The average Bonchev–Trinajstić information content (AvgIpc) is 3.20. The van der Waals surface area contributed by atoms with Crippen LogP contribution in [-0.4, -0.2) is 51.7 Å². The molecule has 0 aromatic carbocycles. The largest absolute Gasteiger partial charge is 0.724 e. The normalized spacial score (nSPS) is 22.2. The number of pyridine rings is 1. The smallest absolute Gasteiger partial charge is 0.346 e. The van der Waals surface area contributed by atoms with E-state index in [9.17, 15) is 17.8 Å². The van der Waals surface area contributed by atoms with Gasteiger partial charge in [-0.3, -0.25) is 0 Å². The molecule has 12 heteroatoms. The Morgan fingerprint density at radius 3 is 2.73 bits per heavy atom. The highest BCUT2D eigenvalue weighted by Crippen LogP contribution is 2.37. The van der Waals surface area contributed by atoms with Crippen molar-refractivity contribution in [1.82, 2.24) is 20.2 Å². The first-order valence-electron chi connectivity index (χ1n) is 7.80. The maximum absolute atomic E-state index is 12.0. The predicted octanol–water partition coefficient (Wildman–Crippen LogP) is 0.212. The van der Waals surface area contributed by atoms with Gasteiger partial charge in [-0.2, -0.15) is 9.35 Å². The molecule has 4 heterocycles. The first kappa shape index (κ1) is 18.2. The van der Waals surface area contributed by atoms with Gasteiger partial charge in [0.15, 0.2) is 11.9 Å².